The second-order valence-electron chi connectivity index (χ2n) is 17.6. The zero-order valence-corrected chi connectivity index (χ0v) is 38.1. The van der Waals surface area contributed by atoms with Crippen LogP contribution in [0.4, 0.5) is 0 Å². The minimum Gasteiger partial charge on any atom is -0.466 e. The van der Waals surface area contributed by atoms with Gasteiger partial charge in [-0.3, -0.25) is 9.59 Å². The van der Waals surface area contributed by atoms with E-state index >= 15 is 0 Å². The molecule has 0 aromatic heterocycles. The Morgan fingerprint density at radius 3 is 1.54 bits per heavy atom. The molecule has 0 radical (unpaired) electrons. The van der Waals surface area contributed by atoms with Crippen LogP contribution >= 0.6 is 0 Å². The largest absolute Gasteiger partial charge is 0.466 e. The Morgan fingerprint density at radius 1 is 0.579 bits per heavy atom. The molecule has 0 aromatic rings. The van der Waals surface area contributed by atoms with Gasteiger partial charge in [-0.2, -0.15) is 0 Å². The maximum atomic E-state index is 12.8. The van der Waals surface area contributed by atoms with Crippen LogP contribution in [0.1, 0.15) is 252 Å². The maximum Gasteiger partial charge on any atom is 0.306 e. The SMILES string of the molecule is CCCCCCCCCCCOC(=O)CCCCCN(CCCCCCCC(=O)OC(CCCCCCCC)CCCCCCCC)CCC1=CC(O)C(O)CC1. The summed E-state index contributed by atoms with van der Waals surface area (Å²) in [6.07, 6.45) is 41.1. The fourth-order valence-corrected chi connectivity index (χ4v) is 8.18. The molecule has 1 rings (SSSR count). The number of esters is 2. The predicted molar refractivity (Wildman–Crippen MR) is 241 cm³/mol. The molecular formula is C50H95NO6. The van der Waals surface area contributed by atoms with Gasteiger partial charge in [0.1, 0.15) is 6.10 Å². The Bertz CT molecular complexity index is 924. The smallest absolute Gasteiger partial charge is 0.306 e. The van der Waals surface area contributed by atoms with Crippen LogP contribution < -0.4 is 0 Å². The highest BCUT2D eigenvalue weighted by molar-refractivity contribution is 5.69. The Kier molecular flexibility index (Phi) is 37.6. The van der Waals surface area contributed by atoms with E-state index in [-0.39, 0.29) is 18.0 Å². The highest BCUT2D eigenvalue weighted by Gasteiger charge is 2.21. The summed E-state index contributed by atoms with van der Waals surface area (Å²) in [5, 5.41) is 20.1. The zero-order chi connectivity index (χ0) is 41.4. The average Bonchev–Trinajstić information content (AvgIpc) is 3.20. The van der Waals surface area contributed by atoms with E-state index in [9.17, 15) is 19.8 Å². The quantitative estimate of drug-likeness (QED) is 0.0360. The fourth-order valence-electron chi connectivity index (χ4n) is 8.18. The van der Waals surface area contributed by atoms with Gasteiger partial charge in [-0.15, -0.1) is 0 Å². The predicted octanol–water partition coefficient (Wildman–Crippen LogP) is 13.5. The number of hydrogen-bond acceptors (Lipinski definition) is 7. The first kappa shape index (κ1) is 53.6. The number of unbranched alkanes of at least 4 members (excludes halogenated alkanes) is 24. The summed E-state index contributed by atoms with van der Waals surface area (Å²) >= 11 is 0. The molecule has 0 spiro atoms. The Labute approximate surface area is 353 Å². The van der Waals surface area contributed by atoms with Gasteiger partial charge in [-0.1, -0.05) is 174 Å². The molecule has 7 nitrogen and oxygen atoms in total. The van der Waals surface area contributed by atoms with Crippen LogP contribution in [0.2, 0.25) is 0 Å². The topological polar surface area (TPSA) is 96.3 Å². The van der Waals surface area contributed by atoms with Crippen molar-refractivity contribution in [3.05, 3.63) is 11.6 Å². The highest BCUT2D eigenvalue weighted by Crippen LogP contribution is 2.22. The normalized spacial score (nSPS) is 15.7. The molecular weight excluding hydrogens is 711 g/mol. The van der Waals surface area contributed by atoms with E-state index in [1.54, 1.807) is 0 Å². The van der Waals surface area contributed by atoms with Crippen molar-refractivity contribution >= 4 is 11.9 Å². The molecule has 0 amide bonds. The molecule has 0 heterocycles. The Morgan fingerprint density at radius 2 is 1.02 bits per heavy atom. The van der Waals surface area contributed by atoms with Gasteiger partial charge in [0, 0.05) is 19.4 Å². The van der Waals surface area contributed by atoms with Crippen molar-refractivity contribution in [2.24, 2.45) is 0 Å². The molecule has 0 bridgehead atoms. The van der Waals surface area contributed by atoms with Gasteiger partial charge >= 0.3 is 11.9 Å². The van der Waals surface area contributed by atoms with E-state index < -0.39 is 12.2 Å². The van der Waals surface area contributed by atoms with Gasteiger partial charge in [0.05, 0.1) is 18.8 Å². The van der Waals surface area contributed by atoms with Crippen molar-refractivity contribution in [1.82, 2.24) is 4.90 Å². The second-order valence-corrected chi connectivity index (χ2v) is 17.6. The van der Waals surface area contributed by atoms with E-state index in [2.05, 4.69) is 25.7 Å². The summed E-state index contributed by atoms with van der Waals surface area (Å²) in [6, 6.07) is 0. The van der Waals surface area contributed by atoms with Gasteiger partial charge in [0.25, 0.3) is 0 Å². The zero-order valence-electron chi connectivity index (χ0n) is 38.1. The molecule has 2 N–H and O–H groups in total. The molecule has 2 unspecified atom stereocenters. The van der Waals surface area contributed by atoms with Crippen LogP contribution in [0.15, 0.2) is 11.6 Å². The van der Waals surface area contributed by atoms with Crippen LogP contribution in [-0.4, -0.2) is 71.6 Å². The van der Waals surface area contributed by atoms with Crippen LogP contribution in [0, 0.1) is 0 Å². The van der Waals surface area contributed by atoms with Crippen molar-refractivity contribution < 1.29 is 29.3 Å². The lowest BCUT2D eigenvalue weighted by Crippen LogP contribution is -2.30. The molecule has 57 heavy (non-hydrogen) atoms. The van der Waals surface area contributed by atoms with Gasteiger partial charge in [-0.05, 0) is 90.1 Å². The van der Waals surface area contributed by atoms with Crippen molar-refractivity contribution in [3.8, 4) is 0 Å². The molecule has 0 saturated carbocycles. The van der Waals surface area contributed by atoms with E-state index in [1.807, 2.05) is 6.08 Å². The van der Waals surface area contributed by atoms with E-state index in [0.717, 1.165) is 110 Å². The van der Waals surface area contributed by atoms with E-state index in [0.29, 0.717) is 25.9 Å². The van der Waals surface area contributed by atoms with Crippen LogP contribution in [0.5, 0.6) is 0 Å². The molecule has 7 heteroatoms. The monoisotopic (exact) mass is 806 g/mol. The summed E-state index contributed by atoms with van der Waals surface area (Å²) in [5.41, 5.74) is 1.25. The van der Waals surface area contributed by atoms with E-state index in [1.165, 1.54) is 128 Å². The van der Waals surface area contributed by atoms with Crippen LogP contribution in [0.25, 0.3) is 0 Å². The summed E-state index contributed by atoms with van der Waals surface area (Å²) in [4.78, 5) is 27.7. The number of ether oxygens (including phenoxy) is 2. The number of carbonyl (C=O) groups excluding carboxylic acids is 2. The lowest BCUT2D eigenvalue weighted by Gasteiger charge is -2.26. The standard InChI is InChI=1S/C50H95NO6/c1-4-7-10-13-16-17-18-24-32-43-56-49(54)35-29-25-31-41-51(42-39-45-37-38-47(52)48(53)44-45)40-30-23-19-22-28-36-50(55)57-46(33-26-20-14-11-8-5-2)34-27-21-15-12-9-6-3/h44,46-48,52-53H,4-43H2,1-3H3. The average molecular weight is 806 g/mol. The summed E-state index contributed by atoms with van der Waals surface area (Å²) in [6.45, 7) is 10.3. The fraction of sp³-hybridized carbons (Fsp3) is 0.920. The van der Waals surface area contributed by atoms with Crippen molar-refractivity contribution in [2.75, 3.05) is 26.2 Å². The maximum absolute atomic E-state index is 12.8. The lowest BCUT2D eigenvalue weighted by molar-refractivity contribution is -0.150. The van der Waals surface area contributed by atoms with Gasteiger partial charge in [0.2, 0.25) is 0 Å². The molecule has 1 aliphatic rings. The minimum absolute atomic E-state index is 0.00450. The molecule has 0 aliphatic heterocycles. The lowest BCUT2D eigenvalue weighted by atomic mass is 9.93. The summed E-state index contributed by atoms with van der Waals surface area (Å²) < 4.78 is 11.6. The first-order valence-electron chi connectivity index (χ1n) is 25.0. The molecule has 336 valence electrons. The van der Waals surface area contributed by atoms with Crippen LogP contribution in [-0.2, 0) is 19.1 Å². The van der Waals surface area contributed by atoms with Crippen molar-refractivity contribution in [1.29, 1.82) is 0 Å². The third-order valence-electron chi connectivity index (χ3n) is 12.1. The molecule has 0 fully saturated rings. The number of aliphatic hydroxyl groups excluding tert-OH is 2. The number of aliphatic hydroxyl groups is 2. The number of nitrogens with zero attached hydrogens (tertiary/aromatic N) is 1. The Balaban J connectivity index is 2.33. The molecule has 2 atom stereocenters. The number of hydrogen-bond donors (Lipinski definition) is 2. The Hall–Kier alpha value is -1.44. The molecule has 0 saturated heterocycles. The summed E-state index contributed by atoms with van der Waals surface area (Å²) in [5.74, 6) is -0.0457. The first-order valence-corrected chi connectivity index (χ1v) is 25.0. The second kappa shape index (κ2) is 40.0. The van der Waals surface area contributed by atoms with Crippen molar-refractivity contribution in [2.45, 2.75) is 270 Å². The third-order valence-corrected chi connectivity index (χ3v) is 12.1. The highest BCUT2D eigenvalue weighted by atomic mass is 16.5. The van der Waals surface area contributed by atoms with Gasteiger partial charge < -0.3 is 24.6 Å². The van der Waals surface area contributed by atoms with Crippen LogP contribution in [0.3, 0.4) is 0 Å². The molecule has 1 aliphatic carbocycles. The summed E-state index contributed by atoms with van der Waals surface area (Å²) in [7, 11) is 0. The molecule has 0 aromatic carbocycles. The van der Waals surface area contributed by atoms with E-state index in [4.69, 9.17) is 9.47 Å². The van der Waals surface area contributed by atoms with Gasteiger partial charge in [-0.25, -0.2) is 0 Å². The number of rotatable bonds is 42. The minimum atomic E-state index is -0.744. The number of carbonyl (C=O) groups is 2. The first-order chi connectivity index (χ1) is 27.9. The third kappa shape index (κ3) is 34.0. The van der Waals surface area contributed by atoms with Crippen molar-refractivity contribution in [3.63, 3.8) is 0 Å². The van der Waals surface area contributed by atoms with Gasteiger partial charge in [0.15, 0.2) is 0 Å².